The van der Waals surface area contributed by atoms with Crippen LogP contribution in [0.1, 0.15) is 35.7 Å². The molecule has 2 aromatic carbocycles. The number of para-hydroxylation sites is 1. The van der Waals surface area contributed by atoms with E-state index in [-0.39, 0.29) is 12.3 Å². The maximum absolute atomic E-state index is 12.5. The first-order valence-corrected chi connectivity index (χ1v) is 9.16. The molecule has 0 spiro atoms. The summed E-state index contributed by atoms with van der Waals surface area (Å²) >= 11 is 0. The number of hydrogen-bond acceptors (Lipinski definition) is 5. The Kier molecular flexibility index (Phi) is 5.91. The number of rotatable bonds is 7. The van der Waals surface area contributed by atoms with Gasteiger partial charge in [0, 0.05) is 29.9 Å². The Morgan fingerprint density at radius 1 is 1.04 bits per heavy atom. The second-order valence-electron chi connectivity index (χ2n) is 6.17. The molecular formula is C22H24N2O3. The number of aryl methyl sites for hydroxylation is 1. The Hall–Kier alpha value is -3.08. The minimum absolute atomic E-state index is 0.193. The number of oxazole rings is 1. The first kappa shape index (κ1) is 18.7. The molecule has 0 aliphatic heterocycles. The van der Waals surface area contributed by atoms with E-state index < -0.39 is 5.97 Å². The van der Waals surface area contributed by atoms with Gasteiger partial charge >= 0.3 is 5.97 Å². The summed E-state index contributed by atoms with van der Waals surface area (Å²) in [6, 6.07) is 17.5. The van der Waals surface area contributed by atoms with Gasteiger partial charge in [0.05, 0.1) is 0 Å². The van der Waals surface area contributed by atoms with E-state index in [2.05, 4.69) is 23.7 Å². The van der Waals surface area contributed by atoms with Crippen LogP contribution in [0.4, 0.5) is 5.69 Å². The molecule has 0 atom stereocenters. The molecule has 3 rings (SSSR count). The number of nitrogens with zero attached hydrogens (tertiary/aromatic N) is 2. The molecule has 5 nitrogen and oxygen atoms in total. The Morgan fingerprint density at radius 2 is 1.70 bits per heavy atom. The van der Waals surface area contributed by atoms with Gasteiger partial charge in [-0.3, -0.25) is 0 Å². The quantitative estimate of drug-likeness (QED) is 0.561. The fraction of sp³-hybridized carbons (Fsp3) is 0.273. The molecule has 0 radical (unpaired) electrons. The molecule has 27 heavy (non-hydrogen) atoms. The van der Waals surface area contributed by atoms with Crippen LogP contribution in [-0.4, -0.2) is 24.0 Å². The van der Waals surface area contributed by atoms with Crippen molar-refractivity contribution in [2.24, 2.45) is 0 Å². The number of carbonyl (C=O) groups excluding carboxylic acids is 1. The summed E-state index contributed by atoms with van der Waals surface area (Å²) in [6.07, 6.45) is 0. The molecule has 0 fully saturated rings. The predicted octanol–water partition coefficient (Wildman–Crippen LogP) is 4.85. The molecule has 0 saturated carbocycles. The van der Waals surface area contributed by atoms with Crippen LogP contribution < -0.4 is 4.90 Å². The minimum atomic E-state index is -0.479. The fourth-order valence-electron chi connectivity index (χ4n) is 3.01. The van der Waals surface area contributed by atoms with Crippen molar-refractivity contribution in [2.75, 3.05) is 18.0 Å². The Labute approximate surface area is 159 Å². The predicted molar refractivity (Wildman–Crippen MR) is 106 cm³/mol. The minimum Gasteiger partial charge on any atom is -0.456 e. The molecule has 1 aromatic heterocycles. The number of esters is 1. The second-order valence-corrected chi connectivity index (χ2v) is 6.17. The number of benzene rings is 2. The molecule has 0 bridgehead atoms. The first-order chi connectivity index (χ1) is 13.1. The van der Waals surface area contributed by atoms with Crippen LogP contribution in [-0.2, 0) is 11.3 Å². The van der Waals surface area contributed by atoms with Crippen molar-refractivity contribution < 1.29 is 13.9 Å². The lowest BCUT2D eigenvalue weighted by molar-refractivity contribution is 0.0465. The van der Waals surface area contributed by atoms with Gasteiger partial charge in [0.15, 0.2) is 5.69 Å². The molecule has 0 amide bonds. The van der Waals surface area contributed by atoms with Crippen molar-refractivity contribution in [3.8, 4) is 11.5 Å². The smallest absolute Gasteiger partial charge is 0.360 e. The summed E-state index contributed by atoms with van der Waals surface area (Å²) in [6.45, 7) is 7.92. The highest BCUT2D eigenvalue weighted by molar-refractivity contribution is 5.89. The molecule has 0 N–H and O–H groups in total. The first-order valence-electron chi connectivity index (χ1n) is 9.16. The van der Waals surface area contributed by atoms with Gasteiger partial charge in [0.1, 0.15) is 12.4 Å². The molecule has 0 saturated heterocycles. The molecule has 140 valence electrons. The summed E-state index contributed by atoms with van der Waals surface area (Å²) < 4.78 is 11.2. The van der Waals surface area contributed by atoms with Crippen molar-refractivity contribution in [1.29, 1.82) is 0 Å². The number of aromatic nitrogens is 1. The highest BCUT2D eigenvalue weighted by Crippen LogP contribution is 2.24. The maximum atomic E-state index is 12.5. The van der Waals surface area contributed by atoms with Crippen LogP contribution in [0.15, 0.2) is 59.0 Å². The number of ether oxygens (including phenoxy) is 1. The van der Waals surface area contributed by atoms with Crippen LogP contribution in [0.25, 0.3) is 11.5 Å². The van der Waals surface area contributed by atoms with E-state index >= 15 is 0 Å². The van der Waals surface area contributed by atoms with Crippen molar-refractivity contribution in [1.82, 2.24) is 4.98 Å². The van der Waals surface area contributed by atoms with E-state index in [1.165, 1.54) is 0 Å². The standard InChI is InChI=1S/C22H24N2O3/c1-4-24(5-2)19-14-10-9-13-18(19)15-26-22(25)20-16(3)27-21(23-20)17-11-7-6-8-12-17/h6-14H,4-5,15H2,1-3H3. The number of anilines is 1. The lowest BCUT2D eigenvalue weighted by Gasteiger charge is -2.23. The van der Waals surface area contributed by atoms with Crippen LogP contribution in [0.2, 0.25) is 0 Å². The van der Waals surface area contributed by atoms with Gasteiger partial charge in [-0.2, -0.15) is 0 Å². The van der Waals surface area contributed by atoms with E-state index in [0.717, 1.165) is 29.9 Å². The maximum Gasteiger partial charge on any atom is 0.360 e. The van der Waals surface area contributed by atoms with E-state index in [4.69, 9.17) is 9.15 Å². The highest BCUT2D eigenvalue weighted by Gasteiger charge is 2.20. The van der Waals surface area contributed by atoms with Gasteiger partial charge < -0.3 is 14.1 Å². The van der Waals surface area contributed by atoms with E-state index in [9.17, 15) is 4.79 Å². The summed E-state index contributed by atoms with van der Waals surface area (Å²) in [7, 11) is 0. The van der Waals surface area contributed by atoms with Gasteiger partial charge in [0.2, 0.25) is 5.89 Å². The third kappa shape index (κ3) is 4.19. The van der Waals surface area contributed by atoms with Crippen LogP contribution in [0, 0.1) is 6.92 Å². The molecular weight excluding hydrogens is 340 g/mol. The zero-order valence-electron chi connectivity index (χ0n) is 15.9. The summed E-state index contributed by atoms with van der Waals surface area (Å²) in [5.41, 5.74) is 3.09. The van der Waals surface area contributed by atoms with E-state index in [1.54, 1.807) is 6.92 Å². The van der Waals surface area contributed by atoms with E-state index in [1.807, 2.05) is 54.6 Å². The molecule has 5 heteroatoms. The molecule has 0 unspecified atom stereocenters. The average Bonchev–Trinajstić information content (AvgIpc) is 3.10. The number of hydrogen-bond donors (Lipinski definition) is 0. The molecule has 1 heterocycles. The Morgan fingerprint density at radius 3 is 2.41 bits per heavy atom. The van der Waals surface area contributed by atoms with Crippen molar-refractivity contribution in [2.45, 2.75) is 27.4 Å². The molecule has 0 aliphatic carbocycles. The highest BCUT2D eigenvalue weighted by atomic mass is 16.5. The number of carbonyl (C=O) groups is 1. The zero-order valence-corrected chi connectivity index (χ0v) is 15.9. The molecule has 3 aromatic rings. The van der Waals surface area contributed by atoms with Gasteiger partial charge in [-0.1, -0.05) is 36.4 Å². The zero-order chi connectivity index (χ0) is 19.2. The third-order valence-corrected chi connectivity index (χ3v) is 4.47. The topological polar surface area (TPSA) is 55.6 Å². The largest absolute Gasteiger partial charge is 0.456 e. The normalized spacial score (nSPS) is 10.6. The SMILES string of the molecule is CCN(CC)c1ccccc1COC(=O)c1nc(-c2ccccc2)oc1C. The van der Waals surface area contributed by atoms with Crippen molar-refractivity contribution in [3.05, 3.63) is 71.6 Å². The Balaban J connectivity index is 1.75. The van der Waals surface area contributed by atoms with Crippen molar-refractivity contribution in [3.63, 3.8) is 0 Å². The fourth-order valence-corrected chi connectivity index (χ4v) is 3.01. The third-order valence-electron chi connectivity index (χ3n) is 4.47. The van der Waals surface area contributed by atoms with Gasteiger partial charge in [-0.05, 0) is 39.0 Å². The summed E-state index contributed by atoms with van der Waals surface area (Å²) in [4.78, 5) is 19.1. The van der Waals surface area contributed by atoms with Crippen LogP contribution in [0.3, 0.4) is 0 Å². The second kappa shape index (κ2) is 8.54. The lowest BCUT2D eigenvalue weighted by atomic mass is 10.1. The molecule has 0 aliphatic rings. The average molecular weight is 364 g/mol. The van der Waals surface area contributed by atoms with Crippen molar-refractivity contribution >= 4 is 11.7 Å². The monoisotopic (exact) mass is 364 g/mol. The lowest BCUT2D eigenvalue weighted by Crippen LogP contribution is -2.23. The van der Waals surface area contributed by atoms with Gasteiger partial charge in [-0.15, -0.1) is 0 Å². The van der Waals surface area contributed by atoms with Gasteiger partial charge in [0.25, 0.3) is 0 Å². The van der Waals surface area contributed by atoms with E-state index in [0.29, 0.717) is 11.7 Å². The van der Waals surface area contributed by atoms with Gasteiger partial charge in [-0.25, -0.2) is 9.78 Å². The van der Waals surface area contributed by atoms with Crippen LogP contribution >= 0.6 is 0 Å². The Bertz CT molecular complexity index is 899. The summed E-state index contributed by atoms with van der Waals surface area (Å²) in [5.74, 6) is 0.396. The summed E-state index contributed by atoms with van der Waals surface area (Å²) in [5, 5.41) is 0. The van der Waals surface area contributed by atoms with Crippen LogP contribution in [0.5, 0.6) is 0 Å².